The molecule has 2 rings (SSSR count). The van der Waals surface area contributed by atoms with Gasteiger partial charge in [-0.05, 0) is 24.6 Å². The molecule has 0 saturated carbocycles. The monoisotopic (exact) mass is 231 g/mol. The molecule has 17 heavy (non-hydrogen) atoms. The van der Waals surface area contributed by atoms with Crippen LogP contribution < -0.4 is 5.32 Å². The van der Waals surface area contributed by atoms with Crippen molar-refractivity contribution in [2.24, 2.45) is 0 Å². The number of hydrogen-bond donors (Lipinski definition) is 2. The SMILES string of the molecule is CC(Cn1ccnc1)NCc1cccc(O)c1. The van der Waals surface area contributed by atoms with Crippen LogP contribution in [-0.2, 0) is 13.1 Å². The molecule has 0 aliphatic rings. The first-order valence-electron chi connectivity index (χ1n) is 5.71. The Morgan fingerprint density at radius 1 is 1.47 bits per heavy atom. The van der Waals surface area contributed by atoms with Crippen molar-refractivity contribution in [3.63, 3.8) is 0 Å². The zero-order valence-corrected chi connectivity index (χ0v) is 9.87. The molecule has 2 aromatic rings. The van der Waals surface area contributed by atoms with E-state index in [1.54, 1.807) is 18.3 Å². The fraction of sp³-hybridized carbons (Fsp3) is 0.308. The summed E-state index contributed by atoms with van der Waals surface area (Å²) in [5, 5.41) is 12.8. The van der Waals surface area contributed by atoms with Crippen molar-refractivity contribution in [3.05, 3.63) is 48.5 Å². The van der Waals surface area contributed by atoms with Gasteiger partial charge in [-0.25, -0.2) is 4.98 Å². The maximum atomic E-state index is 9.35. The second kappa shape index (κ2) is 5.50. The quantitative estimate of drug-likeness (QED) is 0.824. The molecule has 0 fully saturated rings. The Bertz CT molecular complexity index is 453. The maximum Gasteiger partial charge on any atom is 0.115 e. The Balaban J connectivity index is 1.82. The summed E-state index contributed by atoms with van der Waals surface area (Å²) in [4.78, 5) is 4.01. The molecule has 2 N–H and O–H groups in total. The van der Waals surface area contributed by atoms with E-state index in [9.17, 15) is 5.11 Å². The fourth-order valence-corrected chi connectivity index (χ4v) is 1.73. The van der Waals surface area contributed by atoms with Crippen LogP contribution in [0.1, 0.15) is 12.5 Å². The topological polar surface area (TPSA) is 50.1 Å². The number of benzene rings is 1. The van der Waals surface area contributed by atoms with Crippen LogP contribution in [0.25, 0.3) is 0 Å². The number of aromatic nitrogens is 2. The Morgan fingerprint density at radius 3 is 3.06 bits per heavy atom. The van der Waals surface area contributed by atoms with Crippen LogP contribution >= 0.6 is 0 Å². The van der Waals surface area contributed by atoms with Gasteiger partial charge in [0.05, 0.1) is 6.33 Å². The van der Waals surface area contributed by atoms with Gasteiger partial charge in [-0.3, -0.25) is 0 Å². The summed E-state index contributed by atoms with van der Waals surface area (Å²) in [7, 11) is 0. The van der Waals surface area contributed by atoms with Gasteiger partial charge in [0.25, 0.3) is 0 Å². The molecule has 0 bridgehead atoms. The first-order chi connectivity index (χ1) is 8.24. The van der Waals surface area contributed by atoms with E-state index in [4.69, 9.17) is 0 Å². The molecule has 0 spiro atoms. The number of phenolic OH excluding ortho intramolecular Hbond substituents is 1. The fourth-order valence-electron chi connectivity index (χ4n) is 1.73. The predicted octanol–water partition coefficient (Wildman–Crippen LogP) is 1.77. The molecule has 0 aliphatic heterocycles. The van der Waals surface area contributed by atoms with Gasteiger partial charge in [0.1, 0.15) is 5.75 Å². The van der Waals surface area contributed by atoms with Crippen LogP contribution in [0.3, 0.4) is 0 Å². The molecule has 4 nitrogen and oxygen atoms in total. The zero-order chi connectivity index (χ0) is 12.1. The van der Waals surface area contributed by atoms with Gasteiger partial charge in [0.2, 0.25) is 0 Å². The highest BCUT2D eigenvalue weighted by atomic mass is 16.3. The maximum absolute atomic E-state index is 9.35. The Labute approximate surface area is 101 Å². The minimum atomic E-state index is 0.312. The van der Waals surface area contributed by atoms with Crippen molar-refractivity contribution in [2.75, 3.05) is 0 Å². The van der Waals surface area contributed by atoms with Crippen molar-refractivity contribution in [1.29, 1.82) is 0 Å². The van der Waals surface area contributed by atoms with Crippen molar-refractivity contribution < 1.29 is 5.11 Å². The van der Waals surface area contributed by atoms with E-state index in [1.807, 2.05) is 29.2 Å². The Hall–Kier alpha value is -1.81. The second-order valence-electron chi connectivity index (χ2n) is 4.21. The van der Waals surface area contributed by atoms with Crippen molar-refractivity contribution in [2.45, 2.75) is 26.1 Å². The minimum absolute atomic E-state index is 0.312. The first kappa shape index (κ1) is 11.7. The Kier molecular flexibility index (Phi) is 3.77. The summed E-state index contributed by atoms with van der Waals surface area (Å²) < 4.78 is 2.04. The number of nitrogens with one attached hydrogen (secondary N) is 1. The van der Waals surface area contributed by atoms with E-state index in [0.717, 1.165) is 18.7 Å². The molecule has 1 aromatic heterocycles. The van der Waals surface area contributed by atoms with Gasteiger partial charge in [-0.2, -0.15) is 0 Å². The number of rotatable bonds is 5. The summed E-state index contributed by atoms with van der Waals surface area (Å²) in [6.07, 6.45) is 5.54. The molecule has 0 amide bonds. The highest BCUT2D eigenvalue weighted by Crippen LogP contribution is 2.10. The summed E-state index contributed by atoms with van der Waals surface area (Å²) in [5.74, 6) is 0.312. The van der Waals surface area contributed by atoms with Gasteiger partial charge >= 0.3 is 0 Å². The van der Waals surface area contributed by atoms with Gasteiger partial charge < -0.3 is 15.0 Å². The third-order valence-corrected chi connectivity index (χ3v) is 2.61. The lowest BCUT2D eigenvalue weighted by Crippen LogP contribution is -2.29. The van der Waals surface area contributed by atoms with Gasteiger partial charge in [0, 0.05) is 31.5 Å². The van der Waals surface area contributed by atoms with E-state index in [-0.39, 0.29) is 0 Å². The molecule has 90 valence electrons. The number of nitrogens with zero attached hydrogens (tertiary/aromatic N) is 2. The van der Waals surface area contributed by atoms with Gasteiger partial charge in [0.15, 0.2) is 0 Å². The second-order valence-corrected chi connectivity index (χ2v) is 4.21. The van der Waals surface area contributed by atoms with Crippen LogP contribution in [0.4, 0.5) is 0 Å². The summed E-state index contributed by atoms with van der Waals surface area (Å²) >= 11 is 0. The molecule has 0 radical (unpaired) electrons. The van der Waals surface area contributed by atoms with Crippen LogP contribution in [0, 0.1) is 0 Å². The zero-order valence-electron chi connectivity index (χ0n) is 9.87. The lowest BCUT2D eigenvalue weighted by molar-refractivity contribution is 0.466. The molecule has 1 atom stereocenters. The molecule has 4 heteroatoms. The first-order valence-corrected chi connectivity index (χ1v) is 5.71. The van der Waals surface area contributed by atoms with Crippen molar-refractivity contribution in [1.82, 2.24) is 14.9 Å². The van der Waals surface area contributed by atoms with E-state index < -0.39 is 0 Å². The standard InChI is InChI=1S/C13H17N3O/c1-11(9-16-6-5-14-10-16)15-8-12-3-2-4-13(17)7-12/h2-7,10-11,15,17H,8-9H2,1H3. The molecule has 1 heterocycles. The predicted molar refractivity (Wildman–Crippen MR) is 66.6 cm³/mol. The van der Waals surface area contributed by atoms with Crippen LogP contribution in [0.15, 0.2) is 43.0 Å². The number of phenols is 1. The largest absolute Gasteiger partial charge is 0.508 e. The summed E-state index contributed by atoms with van der Waals surface area (Å²) in [6.45, 7) is 3.77. The van der Waals surface area contributed by atoms with Crippen LogP contribution in [0.2, 0.25) is 0 Å². The molecule has 1 aromatic carbocycles. The van der Waals surface area contributed by atoms with E-state index in [1.165, 1.54) is 0 Å². The lowest BCUT2D eigenvalue weighted by atomic mass is 10.2. The minimum Gasteiger partial charge on any atom is -0.508 e. The van der Waals surface area contributed by atoms with Crippen molar-refractivity contribution in [3.8, 4) is 5.75 Å². The normalized spacial score (nSPS) is 12.5. The van der Waals surface area contributed by atoms with Gasteiger partial charge in [-0.1, -0.05) is 12.1 Å². The average molecular weight is 231 g/mol. The molecule has 1 unspecified atom stereocenters. The number of imidazole rings is 1. The third-order valence-electron chi connectivity index (χ3n) is 2.61. The highest BCUT2D eigenvalue weighted by molar-refractivity contribution is 5.26. The molecular weight excluding hydrogens is 214 g/mol. The third kappa shape index (κ3) is 3.60. The molecular formula is C13H17N3O. The van der Waals surface area contributed by atoms with E-state index in [0.29, 0.717) is 11.8 Å². The number of aromatic hydroxyl groups is 1. The number of hydrogen-bond acceptors (Lipinski definition) is 3. The molecule has 0 aliphatic carbocycles. The van der Waals surface area contributed by atoms with E-state index >= 15 is 0 Å². The summed E-state index contributed by atoms with van der Waals surface area (Å²) in [6, 6.07) is 7.66. The smallest absolute Gasteiger partial charge is 0.115 e. The van der Waals surface area contributed by atoms with Gasteiger partial charge in [-0.15, -0.1) is 0 Å². The van der Waals surface area contributed by atoms with Crippen LogP contribution in [0.5, 0.6) is 5.75 Å². The van der Waals surface area contributed by atoms with Crippen LogP contribution in [-0.4, -0.2) is 20.7 Å². The van der Waals surface area contributed by atoms with E-state index in [2.05, 4.69) is 17.2 Å². The molecule has 0 saturated heterocycles. The Morgan fingerprint density at radius 2 is 2.35 bits per heavy atom. The highest BCUT2D eigenvalue weighted by Gasteiger charge is 2.02. The van der Waals surface area contributed by atoms with Crippen molar-refractivity contribution >= 4 is 0 Å². The summed E-state index contributed by atoms with van der Waals surface area (Å²) in [5.41, 5.74) is 1.09. The lowest BCUT2D eigenvalue weighted by Gasteiger charge is -2.14. The average Bonchev–Trinajstić information content (AvgIpc) is 2.79.